The van der Waals surface area contributed by atoms with Crippen LogP contribution in [-0.2, 0) is 10.9 Å². The zero-order valence-electron chi connectivity index (χ0n) is 20.8. The molecular formula is C25H24ClF3N6O3. The zero-order valence-corrected chi connectivity index (χ0v) is 21.5. The molecule has 0 radical (unpaired) electrons. The molecule has 9 nitrogen and oxygen atoms in total. The minimum atomic E-state index is -4.70. The van der Waals surface area contributed by atoms with Gasteiger partial charge in [0.1, 0.15) is 21.8 Å². The number of carbonyl (C=O) groups is 1. The highest BCUT2D eigenvalue weighted by Crippen LogP contribution is 2.39. The fourth-order valence-corrected chi connectivity index (χ4v) is 4.64. The van der Waals surface area contributed by atoms with Gasteiger partial charge in [0.15, 0.2) is 0 Å². The Morgan fingerprint density at radius 3 is 2.45 bits per heavy atom. The molecule has 1 aromatic carbocycles. The molecule has 1 N–H and O–H groups in total. The predicted molar refractivity (Wildman–Crippen MR) is 137 cm³/mol. The largest absolute Gasteiger partial charge is 0.444 e. The summed E-state index contributed by atoms with van der Waals surface area (Å²) >= 11 is 6.05. The average Bonchev–Trinajstić information content (AvgIpc) is 3.18. The summed E-state index contributed by atoms with van der Waals surface area (Å²) in [5, 5.41) is 0.156. The third kappa shape index (κ3) is 4.87. The summed E-state index contributed by atoms with van der Waals surface area (Å²) in [5.74, 6) is 0. The Morgan fingerprint density at radius 2 is 1.79 bits per heavy atom. The van der Waals surface area contributed by atoms with Crippen LogP contribution in [0.25, 0.3) is 27.8 Å². The highest BCUT2D eigenvalue weighted by molar-refractivity contribution is 6.30. The molecular weight excluding hydrogens is 525 g/mol. The van der Waals surface area contributed by atoms with Gasteiger partial charge >= 0.3 is 18.0 Å². The molecule has 0 aliphatic carbocycles. The molecule has 13 heteroatoms. The summed E-state index contributed by atoms with van der Waals surface area (Å²) < 4.78 is 49.4. The van der Waals surface area contributed by atoms with E-state index in [0.717, 1.165) is 10.6 Å². The lowest BCUT2D eigenvalue weighted by Crippen LogP contribution is -2.50. The quantitative estimate of drug-likeness (QED) is 0.355. The van der Waals surface area contributed by atoms with Gasteiger partial charge in [0.25, 0.3) is 0 Å². The van der Waals surface area contributed by atoms with Crippen molar-refractivity contribution in [1.82, 2.24) is 24.4 Å². The van der Waals surface area contributed by atoms with E-state index in [4.69, 9.17) is 16.3 Å². The van der Waals surface area contributed by atoms with Gasteiger partial charge in [-0.05, 0) is 51.1 Å². The number of hydrogen-bond donors (Lipinski definition) is 1. The number of halogens is 4. The van der Waals surface area contributed by atoms with Crippen LogP contribution < -0.4 is 10.6 Å². The monoisotopic (exact) mass is 548 g/mol. The molecule has 1 aliphatic heterocycles. The number of ether oxygens (including phenoxy) is 1. The average molecular weight is 549 g/mol. The number of rotatable bonds is 2. The summed E-state index contributed by atoms with van der Waals surface area (Å²) in [4.78, 5) is 39.4. The summed E-state index contributed by atoms with van der Waals surface area (Å²) in [7, 11) is 0. The number of H-pyrrole nitrogens is 1. The van der Waals surface area contributed by atoms with E-state index in [1.54, 1.807) is 31.7 Å². The summed E-state index contributed by atoms with van der Waals surface area (Å²) in [6, 6.07) is 6.90. The number of pyridine rings is 2. The normalized spacial score (nSPS) is 14.9. The minimum absolute atomic E-state index is 0.0130. The van der Waals surface area contributed by atoms with Crippen molar-refractivity contribution in [2.75, 3.05) is 31.1 Å². The molecule has 1 fully saturated rings. The van der Waals surface area contributed by atoms with E-state index in [1.807, 2.05) is 0 Å². The molecule has 0 bridgehead atoms. The lowest BCUT2D eigenvalue weighted by atomic mass is 10.1. The van der Waals surface area contributed by atoms with Crippen molar-refractivity contribution in [3.63, 3.8) is 0 Å². The topological polar surface area (TPSA) is 96.3 Å². The number of nitrogens with zero attached hydrogens (tertiary/aromatic N) is 5. The van der Waals surface area contributed by atoms with Gasteiger partial charge in [0, 0.05) is 31.9 Å². The van der Waals surface area contributed by atoms with E-state index < -0.39 is 29.1 Å². The minimum Gasteiger partial charge on any atom is -0.444 e. The van der Waals surface area contributed by atoms with Crippen molar-refractivity contribution in [2.45, 2.75) is 32.5 Å². The Hall–Kier alpha value is -3.80. The fourth-order valence-electron chi connectivity index (χ4n) is 4.49. The van der Waals surface area contributed by atoms with Crippen molar-refractivity contribution in [1.29, 1.82) is 0 Å². The number of hydrogen-bond acceptors (Lipinski definition) is 6. The van der Waals surface area contributed by atoms with Crippen LogP contribution in [0, 0.1) is 0 Å². The summed E-state index contributed by atoms with van der Waals surface area (Å²) in [6.07, 6.45) is -3.78. The van der Waals surface area contributed by atoms with Crippen molar-refractivity contribution in [3.8, 4) is 5.69 Å². The maximum absolute atomic E-state index is 14.3. The fraction of sp³-hybridized carbons (Fsp3) is 0.360. The van der Waals surface area contributed by atoms with Gasteiger partial charge in [-0.15, -0.1) is 0 Å². The molecule has 0 saturated carbocycles. The predicted octanol–water partition coefficient (Wildman–Crippen LogP) is 4.99. The second kappa shape index (κ2) is 9.19. The van der Waals surface area contributed by atoms with Crippen LogP contribution in [0.3, 0.4) is 0 Å². The first kappa shape index (κ1) is 25.8. The SMILES string of the molecule is CC(C)(C)OC(=O)N1CCN(c2ccc(-n3c(=O)[nH]c4cnc5ccc(Cl)nc5c43)cc2C(F)(F)F)CC1. The van der Waals surface area contributed by atoms with E-state index in [2.05, 4.69) is 15.0 Å². The van der Waals surface area contributed by atoms with Gasteiger partial charge in [-0.25, -0.2) is 14.6 Å². The van der Waals surface area contributed by atoms with E-state index in [0.29, 0.717) is 11.0 Å². The van der Waals surface area contributed by atoms with Crippen molar-refractivity contribution in [2.24, 2.45) is 0 Å². The number of piperazine rings is 1. The van der Waals surface area contributed by atoms with Crippen LogP contribution in [-0.4, -0.2) is 62.3 Å². The molecule has 200 valence electrons. The van der Waals surface area contributed by atoms with Crippen LogP contribution in [0.1, 0.15) is 26.3 Å². The van der Waals surface area contributed by atoms with E-state index in [1.165, 1.54) is 29.3 Å². The van der Waals surface area contributed by atoms with Crippen LogP contribution in [0.2, 0.25) is 5.15 Å². The number of anilines is 1. The van der Waals surface area contributed by atoms with Gasteiger partial charge in [-0.2, -0.15) is 13.2 Å². The standard InChI is InChI=1S/C25H24ClF3N6O3/c1-24(2,3)38-23(37)34-10-8-33(9-11-34)18-6-4-14(12-15(18)25(27,28)29)35-21-17(31-22(35)36)13-30-16-5-7-19(26)32-20(16)21/h4-7,12-13H,8-11H2,1-3H3,(H,31,36). The first-order valence-electron chi connectivity index (χ1n) is 11.8. The Balaban J connectivity index is 1.53. The highest BCUT2D eigenvalue weighted by atomic mass is 35.5. The Labute approximate surface area is 219 Å². The Bertz CT molecular complexity index is 1600. The first-order chi connectivity index (χ1) is 17.8. The number of benzene rings is 1. The van der Waals surface area contributed by atoms with Crippen LogP contribution in [0.4, 0.5) is 23.7 Å². The Kier molecular flexibility index (Phi) is 6.25. The first-order valence-corrected chi connectivity index (χ1v) is 12.2. The number of aromatic nitrogens is 4. The van der Waals surface area contributed by atoms with Crippen LogP contribution >= 0.6 is 11.6 Å². The van der Waals surface area contributed by atoms with Crippen molar-refractivity contribution in [3.05, 3.63) is 57.7 Å². The molecule has 38 heavy (non-hydrogen) atoms. The lowest BCUT2D eigenvalue weighted by Gasteiger charge is -2.37. The van der Waals surface area contributed by atoms with Crippen LogP contribution in [0.5, 0.6) is 0 Å². The molecule has 3 aromatic heterocycles. The lowest BCUT2D eigenvalue weighted by molar-refractivity contribution is -0.137. The second-order valence-corrected chi connectivity index (χ2v) is 10.3. The third-order valence-corrected chi connectivity index (χ3v) is 6.35. The number of amides is 1. The molecule has 4 aromatic rings. The molecule has 1 saturated heterocycles. The van der Waals surface area contributed by atoms with Gasteiger partial charge < -0.3 is 19.5 Å². The molecule has 0 spiro atoms. The number of carbonyl (C=O) groups excluding carboxylic acids is 1. The molecule has 1 amide bonds. The molecule has 5 rings (SSSR count). The maximum Gasteiger partial charge on any atom is 0.418 e. The van der Waals surface area contributed by atoms with Gasteiger partial charge in [-0.1, -0.05) is 11.6 Å². The van der Waals surface area contributed by atoms with Crippen molar-refractivity contribution >= 4 is 45.4 Å². The van der Waals surface area contributed by atoms with E-state index in [-0.39, 0.29) is 53.7 Å². The third-order valence-electron chi connectivity index (χ3n) is 6.14. The zero-order chi connectivity index (χ0) is 27.4. The number of nitrogens with one attached hydrogen (secondary N) is 1. The number of imidazole rings is 1. The summed E-state index contributed by atoms with van der Waals surface area (Å²) in [5.41, 5.74) is -0.924. The van der Waals surface area contributed by atoms with Gasteiger partial charge in [-0.3, -0.25) is 9.55 Å². The summed E-state index contributed by atoms with van der Waals surface area (Å²) in [6.45, 7) is 6.05. The smallest absolute Gasteiger partial charge is 0.418 e. The number of alkyl halides is 3. The van der Waals surface area contributed by atoms with Crippen molar-refractivity contribution < 1.29 is 22.7 Å². The van der Waals surface area contributed by atoms with Gasteiger partial charge in [0.2, 0.25) is 0 Å². The maximum atomic E-state index is 14.3. The highest BCUT2D eigenvalue weighted by Gasteiger charge is 2.37. The Morgan fingerprint density at radius 1 is 1.08 bits per heavy atom. The number of aromatic amines is 1. The number of fused-ring (bicyclic) bond motifs is 3. The van der Waals surface area contributed by atoms with Crippen LogP contribution in [0.15, 0.2) is 41.3 Å². The van der Waals surface area contributed by atoms with Gasteiger partial charge in [0.05, 0.1) is 28.5 Å². The molecule has 0 atom stereocenters. The van der Waals surface area contributed by atoms with E-state index in [9.17, 15) is 22.8 Å². The molecule has 0 unspecified atom stereocenters. The molecule has 1 aliphatic rings. The van der Waals surface area contributed by atoms with E-state index >= 15 is 0 Å². The molecule has 4 heterocycles. The second-order valence-electron chi connectivity index (χ2n) is 9.94.